The van der Waals surface area contributed by atoms with Crippen molar-refractivity contribution in [2.45, 2.75) is 26.4 Å². The maximum atomic E-state index is 5.25. The second kappa shape index (κ2) is 6.97. The zero-order chi connectivity index (χ0) is 15.2. The molecule has 0 saturated heterocycles. The summed E-state index contributed by atoms with van der Waals surface area (Å²) in [6, 6.07) is 12.9. The summed E-state index contributed by atoms with van der Waals surface area (Å²) in [5.41, 5.74) is 1.22. The lowest BCUT2D eigenvalue weighted by molar-refractivity contribution is 0.415. The van der Waals surface area contributed by atoms with Gasteiger partial charge in [-0.3, -0.25) is 4.99 Å². The number of ether oxygens (including phenoxy) is 1. The van der Waals surface area contributed by atoms with Crippen LogP contribution in [0.25, 0.3) is 10.8 Å². The van der Waals surface area contributed by atoms with Crippen molar-refractivity contribution < 1.29 is 4.74 Å². The van der Waals surface area contributed by atoms with E-state index in [1.807, 2.05) is 12.1 Å². The average molecular weight is 285 g/mol. The SMILES string of the molecule is CN=C(NCc1ccc2cc(OC)ccc2c1)NC(C)C. The van der Waals surface area contributed by atoms with Crippen molar-refractivity contribution in [2.24, 2.45) is 4.99 Å². The fraction of sp³-hybridized carbons (Fsp3) is 0.353. The van der Waals surface area contributed by atoms with Crippen LogP contribution < -0.4 is 15.4 Å². The Morgan fingerprint density at radius 3 is 2.52 bits per heavy atom. The van der Waals surface area contributed by atoms with Crippen LogP contribution in [0.4, 0.5) is 0 Å². The van der Waals surface area contributed by atoms with E-state index < -0.39 is 0 Å². The third-order valence-corrected chi connectivity index (χ3v) is 3.22. The molecule has 0 radical (unpaired) electrons. The average Bonchev–Trinajstić information content (AvgIpc) is 2.50. The van der Waals surface area contributed by atoms with E-state index in [0.717, 1.165) is 18.3 Å². The highest BCUT2D eigenvalue weighted by Crippen LogP contribution is 2.21. The van der Waals surface area contributed by atoms with Gasteiger partial charge in [-0.2, -0.15) is 0 Å². The van der Waals surface area contributed by atoms with Crippen LogP contribution in [0, 0.1) is 0 Å². The van der Waals surface area contributed by atoms with Crippen molar-refractivity contribution in [3.8, 4) is 5.75 Å². The van der Waals surface area contributed by atoms with Gasteiger partial charge in [-0.1, -0.05) is 18.2 Å². The molecule has 21 heavy (non-hydrogen) atoms. The summed E-state index contributed by atoms with van der Waals surface area (Å²) in [6.07, 6.45) is 0. The molecule has 0 aromatic heterocycles. The maximum Gasteiger partial charge on any atom is 0.191 e. The van der Waals surface area contributed by atoms with Gasteiger partial charge in [0, 0.05) is 19.6 Å². The fourth-order valence-corrected chi connectivity index (χ4v) is 2.16. The van der Waals surface area contributed by atoms with Crippen molar-refractivity contribution in [2.75, 3.05) is 14.2 Å². The van der Waals surface area contributed by atoms with Crippen LogP contribution in [-0.4, -0.2) is 26.2 Å². The number of aliphatic imine (C=N–C) groups is 1. The number of hydrogen-bond acceptors (Lipinski definition) is 2. The molecular weight excluding hydrogens is 262 g/mol. The number of rotatable bonds is 4. The summed E-state index contributed by atoms with van der Waals surface area (Å²) >= 11 is 0. The van der Waals surface area contributed by atoms with E-state index >= 15 is 0 Å². The molecule has 0 bridgehead atoms. The second-order valence-corrected chi connectivity index (χ2v) is 5.27. The minimum Gasteiger partial charge on any atom is -0.497 e. The van der Waals surface area contributed by atoms with Gasteiger partial charge >= 0.3 is 0 Å². The molecule has 0 heterocycles. The summed E-state index contributed by atoms with van der Waals surface area (Å²) in [5.74, 6) is 1.70. The van der Waals surface area contributed by atoms with Crippen molar-refractivity contribution in [3.63, 3.8) is 0 Å². The van der Waals surface area contributed by atoms with Gasteiger partial charge in [0.2, 0.25) is 0 Å². The minimum atomic E-state index is 0.361. The third-order valence-electron chi connectivity index (χ3n) is 3.22. The second-order valence-electron chi connectivity index (χ2n) is 5.27. The Morgan fingerprint density at radius 2 is 1.86 bits per heavy atom. The maximum absolute atomic E-state index is 5.25. The number of methoxy groups -OCH3 is 1. The van der Waals surface area contributed by atoms with E-state index in [4.69, 9.17) is 4.74 Å². The molecule has 0 saturated carbocycles. The monoisotopic (exact) mass is 285 g/mol. The van der Waals surface area contributed by atoms with Crippen molar-refractivity contribution >= 4 is 16.7 Å². The van der Waals surface area contributed by atoms with E-state index in [1.165, 1.54) is 16.3 Å². The highest BCUT2D eigenvalue weighted by molar-refractivity contribution is 5.85. The van der Waals surface area contributed by atoms with E-state index in [9.17, 15) is 0 Å². The summed E-state index contributed by atoms with van der Waals surface area (Å²) in [5, 5.41) is 8.99. The number of nitrogens with one attached hydrogen (secondary N) is 2. The molecule has 0 spiro atoms. The molecule has 2 rings (SSSR count). The van der Waals surface area contributed by atoms with Crippen molar-refractivity contribution in [1.29, 1.82) is 0 Å². The topological polar surface area (TPSA) is 45.7 Å². The summed E-state index contributed by atoms with van der Waals surface area (Å²) in [4.78, 5) is 4.21. The van der Waals surface area contributed by atoms with E-state index in [0.29, 0.717) is 6.04 Å². The third kappa shape index (κ3) is 4.12. The summed E-state index contributed by atoms with van der Waals surface area (Å²) in [7, 11) is 3.47. The first-order valence-corrected chi connectivity index (χ1v) is 7.16. The van der Waals surface area contributed by atoms with Crippen LogP contribution in [0.3, 0.4) is 0 Å². The van der Waals surface area contributed by atoms with Crippen LogP contribution in [-0.2, 0) is 6.54 Å². The molecule has 0 atom stereocenters. The molecular formula is C17H23N3O. The standard InChI is InChI=1S/C17H23N3O/c1-12(2)20-17(18-3)19-11-13-5-6-15-10-16(21-4)8-7-14(15)9-13/h5-10,12H,11H2,1-4H3,(H2,18,19,20). The number of guanidine groups is 1. The molecule has 0 unspecified atom stereocenters. The van der Waals surface area contributed by atoms with Gasteiger partial charge in [-0.25, -0.2) is 0 Å². The van der Waals surface area contributed by atoms with E-state index in [2.05, 4.69) is 53.7 Å². The molecule has 112 valence electrons. The minimum absolute atomic E-state index is 0.361. The van der Waals surface area contributed by atoms with Gasteiger partial charge < -0.3 is 15.4 Å². The number of nitrogens with zero attached hydrogens (tertiary/aromatic N) is 1. The zero-order valence-corrected chi connectivity index (χ0v) is 13.1. The molecule has 4 nitrogen and oxygen atoms in total. The van der Waals surface area contributed by atoms with Gasteiger partial charge in [0.05, 0.1) is 7.11 Å². The molecule has 2 N–H and O–H groups in total. The summed E-state index contributed by atoms with van der Waals surface area (Å²) in [6.45, 7) is 4.93. The Kier molecular flexibility index (Phi) is 5.04. The van der Waals surface area contributed by atoms with Gasteiger partial charge in [-0.05, 0) is 48.4 Å². The Bertz CT molecular complexity index is 635. The number of fused-ring (bicyclic) bond motifs is 1. The lowest BCUT2D eigenvalue weighted by Gasteiger charge is -2.14. The molecule has 2 aromatic rings. The Hall–Kier alpha value is -2.23. The normalized spacial score (nSPS) is 11.8. The van der Waals surface area contributed by atoms with Gasteiger partial charge in [0.25, 0.3) is 0 Å². The molecule has 0 amide bonds. The first-order chi connectivity index (χ1) is 10.1. The smallest absolute Gasteiger partial charge is 0.191 e. The summed E-state index contributed by atoms with van der Waals surface area (Å²) < 4.78 is 5.25. The highest BCUT2D eigenvalue weighted by atomic mass is 16.5. The van der Waals surface area contributed by atoms with Crippen LogP contribution in [0.15, 0.2) is 41.4 Å². The molecule has 0 aliphatic rings. The van der Waals surface area contributed by atoms with Crippen LogP contribution in [0.1, 0.15) is 19.4 Å². The molecule has 2 aromatic carbocycles. The largest absolute Gasteiger partial charge is 0.497 e. The Labute approximate surface area is 126 Å². The van der Waals surface area contributed by atoms with E-state index in [1.54, 1.807) is 14.2 Å². The number of benzene rings is 2. The molecule has 0 fully saturated rings. The highest BCUT2D eigenvalue weighted by Gasteiger charge is 2.02. The fourth-order valence-electron chi connectivity index (χ4n) is 2.16. The Morgan fingerprint density at radius 1 is 1.14 bits per heavy atom. The predicted octanol–water partition coefficient (Wildman–Crippen LogP) is 2.92. The molecule has 0 aliphatic heterocycles. The predicted molar refractivity (Wildman–Crippen MR) is 89.0 cm³/mol. The first-order valence-electron chi connectivity index (χ1n) is 7.16. The van der Waals surface area contributed by atoms with Gasteiger partial charge in [0.15, 0.2) is 5.96 Å². The first kappa shape index (κ1) is 15.2. The van der Waals surface area contributed by atoms with Gasteiger partial charge in [0.1, 0.15) is 5.75 Å². The van der Waals surface area contributed by atoms with Crippen LogP contribution in [0.2, 0.25) is 0 Å². The van der Waals surface area contributed by atoms with Crippen molar-refractivity contribution in [1.82, 2.24) is 10.6 Å². The lowest BCUT2D eigenvalue weighted by Crippen LogP contribution is -2.40. The van der Waals surface area contributed by atoms with E-state index in [-0.39, 0.29) is 0 Å². The lowest BCUT2D eigenvalue weighted by atomic mass is 10.1. The van der Waals surface area contributed by atoms with Crippen LogP contribution >= 0.6 is 0 Å². The zero-order valence-electron chi connectivity index (χ0n) is 13.1. The number of hydrogen-bond donors (Lipinski definition) is 2. The van der Waals surface area contributed by atoms with Gasteiger partial charge in [-0.15, -0.1) is 0 Å². The quantitative estimate of drug-likeness (QED) is 0.670. The Balaban J connectivity index is 2.09. The molecule has 4 heteroatoms. The molecule has 0 aliphatic carbocycles. The van der Waals surface area contributed by atoms with Crippen molar-refractivity contribution in [3.05, 3.63) is 42.0 Å². The van der Waals surface area contributed by atoms with Crippen LogP contribution in [0.5, 0.6) is 5.75 Å².